The summed E-state index contributed by atoms with van der Waals surface area (Å²) >= 11 is 1.06. The SMILES string of the molecule is FC(F)(F)c1cccc(I)c1NC(F)(C(F)(F)F)C(F)(F)F. The molecular formula is C10H4F10IN. The first-order valence-corrected chi connectivity index (χ1v) is 6.15. The fraction of sp³-hybridized carbons (Fsp3) is 0.400. The number of anilines is 1. The molecular weight excluding hydrogens is 451 g/mol. The molecule has 22 heavy (non-hydrogen) atoms. The van der Waals surface area contributed by atoms with Crippen LogP contribution in [0.2, 0.25) is 0 Å². The maximum absolute atomic E-state index is 13.5. The van der Waals surface area contributed by atoms with Gasteiger partial charge in [-0.15, -0.1) is 0 Å². The third-order valence-corrected chi connectivity index (χ3v) is 3.30. The Labute approximate surface area is 129 Å². The zero-order valence-electron chi connectivity index (χ0n) is 9.89. The molecule has 0 atom stereocenters. The maximum atomic E-state index is 13.5. The van der Waals surface area contributed by atoms with Gasteiger partial charge in [-0.25, -0.2) is 0 Å². The van der Waals surface area contributed by atoms with Gasteiger partial charge in [0.25, 0.3) is 0 Å². The molecule has 1 rings (SSSR count). The van der Waals surface area contributed by atoms with E-state index in [1.54, 1.807) is 0 Å². The van der Waals surface area contributed by atoms with Gasteiger partial charge in [-0.2, -0.15) is 43.9 Å². The highest BCUT2D eigenvalue weighted by Gasteiger charge is 2.73. The molecule has 1 N–H and O–H groups in total. The van der Waals surface area contributed by atoms with Crippen LogP contribution < -0.4 is 5.32 Å². The van der Waals surface area contributed by atoms with Crippen molar-refractivity contribution in [3.63, 3.8) is 0 Å². The van der Waals surface area contributed by atoms with E-state index in [0.29, 0.717) is 5.32 Å². The minimum Gasteiger partial charge on any atom is -0.337 e. The van der Waals surface area contributed by atoms with Gasteiger partial charge >= 0.3 is 24.3 Å². The van der Waals surface area contributed by atoms with Crippen LogP contribution in [0.4, 0.5) is 49.6 Å². The number of hydrogen-bond donors (Lipinski definition) is 1. The molecule has 126 valence electrons. The minimum atomic E-state index is -6.52. The Bertz CT molecular complexity index is 530. The van der Waals surface area contributed by atoms with Crippen molar-refractivity contribution in [1.29, 1.82) is 0 Å². The monoisotopic (exact) mass is 455 g/mol. The van der Waals surface area contributed by atoms with Crippen LogP contribution in [0, 0.1) is 3.57 Å². The van der Waals surface area contributed by atoms with Crippen LogP contribution in [-0.4, -0.2) is 18.1 Å². The van der Waals surface area contributed by atoms with Crippen LogP contribution in [0.1, 0.15) is 5.56 Å². The predicted molar refractivity (Wildman–Crippen MR) is 63.7 cm³/mol. The summed E-state index contributed by atoms with van der Waals surface area (Å²) in [6.45, 7) is 0. The number of halogens is 11. The fourth-order valence-electron chi connectivity index (χ4n) is 1.36. The van der Waals surface area contributed by atoms with Crippen LogP contribution in [0.25, 0.3) is 0 Å². The zero-order valence-corrected chi connectivity index (χ0v) is 12.0. The van der Waals surface area contributed by atoms with Gasteiger partial charge in [0, 0.05) is 3.57 Å². The topological polar surface area (TPSA) is 12.0 Å². The highest BCUT2D eigenvalue weighted by molar-refractivity contribution is 14.1. The molecule has 0 aliphatic heterocycles. The largest absolute Gasteiger partial charge is 0.451 e. The summed E-state index contributed by atoms with van der Waals surface area (Å²) in [4.78, 5) is 0. The van der Waals surface area contributed by atoms with E-state index >= 15 is 0 Å². The fourth-order valence-corrected chi connectivity index (χ4v) is 2.00. The smallest absolute Gasteiger partial charge is 0.337 e. The molecule has 1 nitrogen and oxygen atoms in total. The summed E-state index contributed by atoms with van der Waals surface area (Å²) in [5.74, 6) is -6.03. The van der Waals surface area contributed by atoms with Gasteiger partial charge in [0.05, 0.1) is 11.3 Å². The molecule has 0 saturated carbocycles. The van der Waals surface area contributed by atoms with E-state index in [1.807, 2.05) is 0 Å². The van der Waals surface area contributed by atoms with Crippen LogP contribution in [-0.2, 0) is 6.18 Å². The van der Waals surface area contributed by atoms with E-state index in [2.05, 4.69) is 0 Å². The van der Waals surface area contributed by atoms with Crippen molar-refractivity contribution in [2.24, 2.45) is 0 Å². The van der Waals surface area contributed by atoms with E-state index in [-0.39, 0.29) is 6.07 Å². The van der Waals surface area contributed by atoms with Crippen molar-refractivity contribution in [3.8, 4) is 0 Å². The standard InChI is InChI=1S/C10H4F10IN/c11-7(12,13)4-2-1-3-5(21)6(4)22-8(14,9(15,16)17)10(18,19)20/h1-3,22H. The number of nitrogens with one attached hydrogen (secondary N) is 1. The molecule has 0 spiro atoms. The van der Waals surface area contributed by atoms with Crippen molar-refractivity contribution in [2.75, 3.05) is 5.32 Å². The molecule has 12 heteroatoms. The summed E-state index contributed by atoms with van der Waals surface area (Å²) in [5.41, 5.74) is -3.50. The summed E-state index contributed by atoms with van der Waals surface area (Å²) in [6.07, 6.45) is -18.3. The quantitative estimate of drug-likeness (QED) is 0.353. The van der Waals surface area contributed by atoms with E-state index in [9.17, 15) is 43.9 Å². The van der Waals surface area contributed by atoms with E-state index in [0.717, 1.165) is 34.7 Å². The number of benzene rings is 1. The van der Waals surface area contributed by atoms with E-state index in [4.69, 9.17) is 0 Å². The normalized spacial score (nSPS) is 14.1. The Balaban J connectivity index is 3.51. The molecule has 0 fully saturated rings. The zero-order chi connectivity index (χ0) is 17.6. The molecule has 0 unspecified atom stereocenters. The van der Waals surface area contributed by atoms with Gasteiger partial charge < -0.3 is 5.32 Å². The lowest BCUT2D eigenvalue weighted by atomic mass is 10.1. The second-order valence-corrected chi connectivity index (χ2v) is 5.10. The van der Waals surface area contributed by atoms with E-state index < -0.39 is 39.1 Å². The third-order valence-electron chi connectivity index (χ3n) is 2.40. The van der Waals surface area contributed by atoms with Crippen LogP contribution >= 0.6 is 22.6 Å². The second kappa shape index (κ2) is 5.60. The molecule has 0 radical (unpaired) electrons. The molecule has 0 bridgehead atoms. The average molecular weight is 455 g/mol. The lowest BCUT2D eigenvalue weighted by Crippen LogP contribution is -2.59. The molecule has 1 aromatic carbocycles. The van der Waals surface area contributed by atoms with Crippen LogP contribution in [0.3, 0.4) is 0 Å². The molecule has 0 amide bonds. The Hall–Kier alpha value is -0.950. The summed E-state index contributed by atoms with van der Waals surface area (Å²) in [7, 11) is 0. The molecule has 0 aromatic heterocycles. The Kier molecular flexibility index (Phi) is 4.86. The number of rotatable bonds is 2. The van der Waals surface area contributed by atoms with Crippen molar-refractivity contribution < 1.29 is 43.9 Å². The first-order valence-electron chi connectivity index (χ1n) is 5.07. The number of para-hydroxylation sites is 1. The van der Waals surface area contributed by atoms with Gasteiger partial charge in [-0.1, -0.05) is 6.07 Å². The third kappa shape index (κ3) is 3.51. The average Bonchev–Trinajstić information content (AvgIpc) is 2.27. The Morgan fingerprint density at radius 2 is 1.23 bits per heavy atom. The van der Waals surface area contributed by atoms with Gasteiger partial charge in [0.1, 0.15) is 0 Å². The molecule has 0 aliphatic rings. The first-order chi connectivity index (χ1) is 9.61. The van der Waals surface area contributed by atoms with Crippen molar-refractivity contribution in [3.05, 3.63) is 27.3 Å². The highest BCUT2D eigenvalue weighted by Crippen LogP contribution is 2.48. The number of alkyl halides is 10. The lowest BCUT2D eigenvalue weighted by Gasteiger charge is -2.32. The molecule has 0 heterocycles. The maximum Gasteiger partial charge on any atom is 0.451 e. The molecule has 0 aliphatic carbocycles. The van der Waals surface area contributed by atoms with E-state index in [1.165, 1.54) is 0 Å². The molecule has 0 saturated heterocycles. The Morgan fingerprint density at radius 1 is 0.773 bits per heavy atom. The van der Waals surface area contributed by atoms with Crippen LogP contribution in [0.15, 0.2) is 18.2 Å². The number of hydrogen-bond acceptors (Lipinski definition) is 1. The summed E-state index contributed by atoms with van der Waals surface area (Å²) < 4.78 is 125. The van der Waals surface area contributed by atoms with Crippen molar-refractivity contribution >= 4 is 28.3 Å². The minimum absolute atomic E-state index is 0.234. The Morgan fingerprint density at radius 3 is 1.59 bits per heavy atom. The van der Waals surface area contributed by atoms with Crippen molar-refractivity contribution in [2.45, 2.75) is 24.3 Å². The molecule has 1 aromatic rings. The summed E-state index contributed by atoms with van der Waals surface area (Å²) in [5, 5.41) is 0.335. The lowest BCUT2D eigenvalue weighted by molar-refractivity contribution is -0.330. The first kappa shape index (κ1) is 19.1. The van der Waals surface area contributed by atoms with Gasteiger partial charge in [0.2, 0.25) is 0 Å². The van der Waals surface area contributed by atoms with Crippen molar-refractivity contribution in [1.82, 2.24) is 0 Å². The van der Waals surface area contributed by atoms with Gasteiger partial charge in [-0.05, 0) is 34.7 Å². The van der Waals surface area contributed by atoms with Crippen LogP contribution in [0.5, 0.6) is 0 Å². The van der Waals surface area contributed by atoms with Gasteiger partial charge in [-0.3, -0.25) is 0 Å². The summed E-state index contributed by atoms with van der Waals surface area (Å²) in [6, 6.07) is 1.79. The van der Waals surface area contributed by atoms with Gasteiger partial charge in [0.15, 0.2) is 0 Å². The highest BCUT2D eigenvalue weighted by atomic mass is 127. The predicted octanol–water partition coefficient (Wildman–Crippen LogP) is 5.51. The second-order valence-electron chi connectivity index (χ2n) is 3.94.